The molecular weight excluding hydrogens is 384 g/mol. The third kappa shape index (κ3) is 2.90. The molecule has 3 aromatic carbocycles. The molecule has 6 aromatic rings. The van der Waals surface area contributed by atoms with Gasteiger partial charge in [-0.3, -0.25) is 4.40 Å². The Bertz CT molecular complexity index is 1530. The van der Waals surface area contributed by atoms with Crippen LogP contribution in [0.4, 0.5) is 0 Å². The molecule has 148 valence electrons. The monoisotopic (exact) mass is 402 g/mol. The SMILES string of the molecule is Cc1ccc(-c2nnc(-c3ccn4c(nc5ccccc54)c3-c3ccccc3)o2)cc1. The Labute approximate surface area is 178 Å². The van der Waals surface area contributed by atoms with Crippen LogP contribution in [-0.4, -0.2) is 19.6 Å². The first-order valence-electron chi connectivity index (χ1n) is 10.1. The molecule has 0 unspecified atom stereocenters. The lowest BCUT2D eigenvalue weighted by molar-refractivity contribution is 0.584. The minimum Gasteiger partial charge on any atom is -0.416 e. The molecule has 0 fully saturated rings. The molecular formula is C26H18N4O. The smallest absolute Gasteiger partial charge is 0.248 e. The highest BCUT2D eigenvalue weighted by Crippen LogP contribution is 2.36. The van der Waals surface area contributed by atoms with Gasteiger partial charge in [-0.05, 0) is 42.8 Å². The van der Waals surface area contributed by atoms with E-state index in [1.54, 1.807) is 0 Å². The largest absolute Gasteiger partial charge is 0.416 e. The van der Waals surface area contributed by atoms with Crippen LogP contribution in [0.15, 0.2) is 95.5 Å². The van der Waals surface area contributed by atoms with Crippen LogP contribution in [0.3, 0.4) is 0 Å². The fourth-order valence-electron chi connectivity index (χ4n) is 3.94. The summed E-state index contributed by atoms with van der Waals surface area (Å²) in [6.45, 7) is 2.05. The first kappa shape index (κ1) is 17.6. The molecule has 0 saturated carbocycles. The highest BCUT2D eigenvalue weighted by Gasteiger charge is 2.20. The number of benzene rings is 3. The molecule has 6 rings (SSSR count). The molecule has 0 saturated heterocycles. The van der Waals surface area contributed by atoms with E-state index in [0.29, 0.717) is 11.8 Å². The third-order valence-electron chi connectivity index (χ3n) is 5.50. The Morgan fingerprint density at radius 2 is 1.45 bits per heavy atom. The molecule has 3 heterocycles. The lowest BCUT2D eigenvalue weighted by Gasteiger charge is -2.09. The number of rotatable bonds is 3. The highest BCUT2D eigenvalue weighted by molar-refractivity contribution is 5.94. The van der Waals surface area contributed by atoms with E-state index in [2.05, 4.69) is 39.7 Å². The number of aromatic nitrogens is 4. The molecule has 0 N–H and O–H groups in total. The first-order valence-corrected chi connectivity index (χ1v) is 10.1. The molecule has 0 aliphatic heterocycles. The van der Waals surface area contributed by atoms with Crippen LogP contribution in [0.5, 0.6) is 0 Å². The number of fused-ring (bicyclic) bond motifs is 3. The molecule has 0 atom stereocenters. The van der Waals surface area contributed by atoms with Crippen LogP contribution < -0.4 is 0 Å². The molecule has 3 aromatic heterocycles. The van der Waals surface area contributed by atoms with Crippen LogP contribution in [-0.2, 0) is 0 Å². The van der Waals surface area contributed by atoms with E-state index in [-0.39, 0.29) is 0 Å². The zero-order valence-electron chi connectivity index (χ0n) is 16.9. The molecule has 0 aliphatic carbocycles. The fourth-order valence-corrected chi connectivity index (χ4v) is 3.94. The van der Waals surface area contributed by atoms with Crippen molar-refractivity contribution in [2.24, 2.45) is 0 Å². The quantitative estimate of drug-likeness (QED) is 0.355. The van der Waals surface area contributed by atoms with E-state index in [0.717, 1.165) is 38.9 Å². The second-order valence-electron chi connectivity index (χ2n) is 7.54. The van der Waals surface area contributed by atoms with E-state index in [4.69, 9.17) is 9.40 Å². The van der Waals surface area contributed by atoms with Crippen LogP contribution in [0.25, 0.3) is 50.7 Å². The summed E-state index contributed by atoms with van der Waals surface area (Å²) in [4.78, 5) is 4.93. The van der Waals surface area contributed by atoms with Gasteiger partial charge in [-0.1, -0.05) is 60.2 Å². The number of aryl methyl sites for hydroxylation is 1. The van der Waals surface area contributed by atoms with E-state index < -0.39 is 0 Å². The van der Waals surface area contributed by atoms with Gasteiger partial charge >= 0.3 is 0 Å². The number of nitrogens with zero attached hydrogens (tertiary/aromatic N) is 4. The van der Waals surface area contributed by atoms with Crippen molar-refractivity contribution >= 4 is 16.7 Å². The summed E-state index contributed by atoms with van der Waals surface area (Å²) < 4.78 is 8.23. The minimum absolute atomic E-state index is 0.476. The normalized spacial score (nSPS) is 11.4. The summed E-state index contributed by atoms with van der Waals surface area (Å²) >= 11 is 0. The zero-order chi connectivity index (χ0) is 20.8. The molecule has 0 amide bonds. The summed E-state index contributed by atoms with van der Waals surface area (Å²) in [6.07, 6.45) is 2.02. The molecule has 0 bridgehead atoms. The van der Waals surface area contributed by atoms with Gasteiger partial charge in [0.05, 0.1) is 16.6 Å². The fraction of sp³-hybridized carbons (Fsp3) is 0.0385. The maximum absolute atomic E-state index is 6.12. The number of hydrogen-bond donors (Lipinski definition) is 0. The predicted molar refractivity (Wildman–Crippen MR) is 122 cm³/mol. The van der Waals surface area contributed by atoms with Crippen LogP contribution in [0.1, 0.15) is 5.56 Å². The van der Waals surface area contributed by atoms with Gasteiger partial charge in [0, 0.05) is 17.3 Å². The summed E-state index contributed by atoms with van der Waals surface area (Å²) in [5.74, 6) is 0.978. The molecule has 31 heavy (non-hydrogen) atoms. The van der Waals surface area contributed by atoms with E-state index in [1.807, 2.05) is 72.9 Å². The molecule has 0 aliphatic rings. The first-order chi connectivity index (χ1) is 15.3. The lowest BCUT2D eigenvalue weighted by Crippen LogP contribution is -1.93. The van der Waals surface area contributed by atoms with Crippen molar-refractivity contribution in [3.8, 4) is 34.0 Å². The van der Waals surface area contributed by atoms with Crippen molar-refractivity contribution in [1.29, 1.82) is 0 Å². The van der Waals surface area contributed by atoms with Crippen molar-refractivity contribution < 1.29 is 4.42 Å². The van der Waals surface area contributed by atoms with E-state index in [9.17, 15) is 0 Å². The maximum Gasteiger partial charge on any atom is 0.248 e. The third-order valence-corrected chi connectivity index (χ3v) is 5.50. The average molecular weight is 402 g/mol. The second-order valence-corrected chi connectivity index (χ2v) is 7.54. The Morgan fingerprint density at radius 1 is 0.710 bits per heavy atom. The number of pyridine rings is 1. The van der Waals surface area contributed by atoms with E-state index >= 15 is 0 Å². The van der Waals surface area contributed by atoms with E-state index in [1.165, 1.54) is 5.56 Å². The molecule has 0 spiro atoms. The van der Waals surface area contributed by atoms with Gasteiger partial charge in [0.25, 0.3) is 0 Å². The Balaban J connectivity index is 1.60. The number of imidazole rings is 1. The zero-order valence-corrected chi connectivity index (χ0v) is 16.9. The van der Waals surface area contributed by atoms with Crippen molar-refractivity contribution in [3.63, 3.8) is 0 Å². The summed E-state index contributed by atoms with van der Waals surface area (Å²) in [7, 11) is 0. The average Bonchev–Trinajstić information content (AvgIpc) is 3.45. The lowest BCUT2D eigenvalue weighted by atomic mass is 10.0. The van der Waals surface area contributed by atoms with Crippen molar-refractivity contribution in [3.05, 3.63) is 96.7 Å². The van der Waals surface area contributed by atoms with Gasteiger partial charge in [0.1, 0.15) is 5.65 Å². The van der Waals surface area contributed by atoms with Gasteiger partial charge < -0.3 is 4.42 Å². The summed E-state index contributed by atoms with van der Waals surface area (Å²) in [6, 6.07) is 28.4. The van der Waals surface area contributed by atoms with Gasteiger partial charge in [0.2, 0.25) is 11.8 Å². The predicted octanol–water partition coefficient (Wildman–Crippen LogP) is 6.18. The molecule has 5 heteroatoms. The number of para-hydroxylation sites is 2. The van der Waals surface area contributed by atoms with Crippen LogP contribution in [0, 0.1) is 6.92 Å². The van der Waals surface area contributed by atoms with Crippen molar-refractivity contribution in [2.45, 2.75) is 6.92 Å². The maximum atomic E-state index is 6.12. The highest BCUT2D eigenvalue weighted by atomic mass is 16.4. The Morgan fingerprint density at radius 3 is 2.29 bits per heavy atom. The number of hydrogen-bond acceptors (Lipinski definition) is 4. The van der Waals surface area contributed by atoms with Crippen LogP contribution in [0.2, 0.25) is 0 Å². The molecule has 0 radical (unpaired) electrons. The van der Waals surface area contributed by atoms with Gasteiger partial charge in [-0.2, -0.15) is 0 Å². The Kier molecular flexibility index (Phi) is 3.93. The Hall–Kier alpha value is -4.25. The second kappa shape index (κ2) is 6.92. The standard InChI is InChI=1S/C26H18N4O/c1-17-11-13-19(14-12-17)25-28-29-26(31-25)20-15-16-30-22-10-6-5-9-21(22)27-24(30)23(20)18-7-3-2-4-8-18/h2-16H,1H3. The molecule has 5 nitrogen and oxygen atoms in total. The van der Waals surface area contributed by atoms with Gasteiger partial charge in [-0.25, -0.2) is 4.98 Å². The van der Waals surface area contributed by atoms with Crippen LogP contribution >= 0.6 is 0 Å². The minimum atomic E-state index is 0.476. The summed E-state index contributed by atoms with van der Waals surface area (Å²) in [5, 5.41) is 8.68. The topological polar surface area (TPSA) is 56.2 Å². The van der Waals surface area contributed by atoms with Crippen molar-refractivity contribution in [2.75, 3.05) is 0 Å². The van der Waals surface area contributed by atoms with Gasteiger partial charge in [0.15, 0.2) is 0 Å². The van der Waals surface area contributed by atoms with Crippen molar-refractivity contribution in [1.82, 2.24) is 19.6 Å². The van der Waals surface area contributed by atoms with Gasteiger partial charge in [-0.15, -0.1) is 10.2 Å². The summed E-state index contributed by atoms with van der Waals surface area (Å²) in [5.41, 5.74) is 7.84.